The second kappa shape index (κ2) is 7.79. The molecule has 1 saturated heterocycles. The van der Waals surface area contributed by atoms with Gasteiger partial charge in [0.05, 0.1) is 41.6 Å². The second-order valence-electron chi connectivity index (χ2n) is 7.75. The predicted octanol–water partition coefficient (Wildman–Crippen LogP) is 3.78. The first-order valence-corrected chi connectivity index (χ1v) is 11.5. The molecule has 5 rings (SSSR count). The van der Waals surface area contributed by atoms with E-state index in [9.17, 15) is 0 Å². The standard InChI is InChI=1S/C21H22Cl2N4S/c22-16-6-5-14(11-17(16)23)12-26-7-9-27(10-8-26)20-19-15-3-1-2-4-18(15)28-21(19)25-13-24-20/h5-6,11,13H,1-4,7-10,12H2/p+1. The lowest BCUT2D eigenvalue weighted by atomic mass is 9.97. The number of hydrogen-bond donors (Lipinski definition) is 1. The number of halogens is 2. The van der Waals surface area contributed by atoms with Crippen molar-refractivity contribution in [2.75, 3.05) is 31.1 Å². The van der Waals surface area contributed by atoms with Gasteiger partial charge in [0.25, 0.3) is 0 Å². The van der Waals surface area contributed by atoms with Crippen LogP contribution in [0.3, 0.4) is 0 Å². The van der Waals surface area contributed by atoms with E-state index in [0.717, 1.165) is 38.5 Å². The van der Waals surface area contributed by atoms with E-state index in [-0.39, 0.29) is 0 Å². The molecule has 0 unspecified atom stereocenters. The van der Waals surface area contributed by atoms with E-state index in [2.05, 4.69) is 16.0 Å². The van der Waals surface area contributed by atoms with Gasteiger partial charge in [-0.3, -0.25) is 0 Å². The molecule has 3 heterocycles. The maximum absolute atomic E-state index is 6.17. The zero-order valence-corrected chi connectivity index (χ0v) is 18.0. The Morgan fingerprint density at radius 2 is 1.86 bits per heavy atom. The summed E-state index contributed by atoms with van der Waals surface area (Å²) in [7, 11) is 0. The van der Waals surface area contributed by atoms with Crippen LogP contribution < -0.4 is 9.80 Å². The molecule has 1 aliphatic carbocycles. The largest absolute Gasteiger partial charge is 0.345 e. The lowest BCUT2D eigenvalue weighted by Gasteiger charge is -2.33. The van der Waals surface area contributed by atoms with Crippen molar-refractivity contribution in [1.29, 1.82) is 0 Å². The van der Waals surface area contributed by atoms with Gasteiger partial charge in [-0.1, -0.05) is 29.3 Å². The van der Waals surface area contributed by atoms with Crippen molar-refractivity contribution in [3.63, 3.8) is 0 Å². The Hall–Kier alpha value is -1.40. The van der Waals surface area contributed by atoms with E-state index < -0.39 is 0 Å². The molecule has 0 spiro atoms. The number of aromatic nitrogens is 2. The SMILES string of the molecule is Clc1ccc(C[NH+]2CCN(c3ncnc4sc5c(c34)CCCC5)CC2)cc1Cl. The highest BCUT2D eigenvalue weighted by Crippen LogP contribution is 2.39. The van der Waals surface area contributed by atoms with Gasteiger partial charge < -0.3 is 9.80 Å². The average molecular weight is 434 g/mol. The first-order valence-electron chi connectivity index (χ1n) is 9.97. The van der Waals surface area contributed by atoms with Crippen molar-refractivity contribution in [1.82, 2.24) is 9.97 Å². The first kappa shape index (κ1) is 18.6. The number of fused-ring (bicyclic) bond motifs is 3. The van der Waals surface area contributed by atoms with Crippen LogP contribution in [0.15, 0.2) is 24.5 Å². The lowest BCUT2D eigenvalue weighted by Crippen LogP contribution is -3.13. The molecular weight excluding hydrogens is 411 g/mol. The zero-order chi connectivity index (χ0) is 19.1. The van der Waals surface area contributed by atoms with Gasteiger partial charge in [0.15, 0.2) is 0 Å². The summed E-state index contributed by atoms with van der Waals surface area (Å²) in [6, 6.07) is 5.97. The number of anilines is 1. The summed E-state index contributed by atoms with van der Waals surface area (Å²) >= 11 is 14.1. The molecule has 2 aromatic heterocycles. The third-order valence-electron chi connectivity index (χ3n) is 5.94. The molecule has 4 nitrogen and oxygen atoms in total. The van der Waals surface area contributed by atoms with Crippen molar-refractivity contribution < 1.29 is 4.90 Å². The molecule has 0 atom stereocenters. The lowest BCUT2D eigenvalue weighted by molar-refractivity contribution is -0.914. The normalized spacial score (nSPS) is 17.9. The Labute approximate surface area is 179 Å². The van der Waals surface area contributed by atoms with E-state index >= 15 is 0 Å². The predicted molar refractivity (Wildman–Crippen MR) is 117 cm³/mol. The van der Waals surface area contributed by atoms with E-state index in [1.165, 1.54) is 51.9 Å². The number of nitrogens with zero attached hydrogens (tertiary/aromatic N) is 3. The van der Waals surface area contributed by atoms with Gasteiger partial charge in [-0.05, 0) is 43.4 Å². The molecule has 7 heteroatoms. The Balaban J connectivity index is 1.33. The highest BCUT2D eigenvalue weighted by atomic mass is 35.5. The van der Waals surface area contributed by atoms with Crippen molar-refractivity contribution in [3.8, 4) is 0 Å². The minimum absolute atomic E-state index is 0.622. The summed E-state index contributed by atoms with van der Waals surface area (Å²) in [5.74, 6) is 1.15. The monoisotopic (exact) mass is 433 g/mol. The molecule has 0 amide bonds. The molecule has 0 bridgehead atoms. The number of piperazine rings is 1. The molecule has 0 radical (unpaired) electrons. The van der Waals surface area contributed by atoms with Crippen LogP contribution in [-0.2, 0) is 19.4 Å². The Morgan fingerprint density at radius 3 is 2.68 bits per heavy atom. The fourth-order valence-corrected chi connectivity index (χ4v) is 6.01. The van der Waals surface area contributed by atoms with Crippen molar-refractivity contribution in [2.45, 2.75) is 32.2 Å². The molecule has 1 aromatic carbocycles. The van der Waals surface area contributed by atoms with Crippen molar-refractivity contribution in [2.24, 2.45) is 0 Å². The Morgan fingerprint density at radius 1 is 1.04 bits per heavy atom. The van der Waals surface area contributed by atoms with Crippen LogP contribution in [0, 0.1) is 0 Å². The number of benzene rings is 1. The third-order valence-corrected chi connectivity index (χ3v) is 7.88. The van der Waals surface area contributed by atoms with Crippen LogP contribution in [0.1, 0.15) is 28.8 Å². The molecule has 2 aliphatic rings. The van der Waals surface area contributed by atoms with E-state index in [4.69, 9.17) is 28.2 Å². The summed E-state index contributed by atoms with van der Waals surface area (Å²) in [5, 5.41) is 2.59. The van der Waals surface area contributed by atoms with Crippen LogP contribution in [0.25, 0.3) is 10.2 Å². The van der Waals surface area contributed by atoms with Gasteiger partial charge in [0.1, 0.15) is 23.5 Å². The number of quaternary nitrogens is 1. The fourth-order valence-electron chi connectivity index (χ4n) is 4.46. The van der Waals surface area contributed by atoms with Crippen LogP contribution in [0.2, 0.25) is 10.0 Å². The third kappa shape index (κ3) is 3.50. The van der Waals surface area contributed by atoms with E-state index in [1.54, 1.807) is 11.2 Å². The molecule has 0 saturated carbocycles. The maximum Gasteiger partial charge on any atom is 0.141 e. The Bertz CT molecular complexity index is 1010. The van der Waals surface area contributed by atoms with Gasteiger partial charge in [-0.25, -0.2) is 9.97 Å². The van der Waals surface area contributed by atoms with Gasteiger partial charge in [-0.15, -0.1) is 11.3 Å². The summed E-state index contributed by atoms with van der Waals surface area (Å²) < 4.78 is 0. The minimum Gasteiger partial charge on any atom is -0.345 e. The minimum atomic E-state index is 0.622. The topological polar surface area (TPSA) is 33.5 Å². The molecule has 3 aromatic rings. The smallest absolute Gasteiger partial charge is 0.141 e. The molecule has 146 valence electrons. The van der Waals surface area contributed by atoms with Gasteiger partial charge in [0, 0.05) is 10.4 Å². The number of hydrogen-bond acceptors (Lipinski definition) is 4. The number of thiophene rings is 1. The first-order chi connectivity index (χ1) is 13.7. The van der Waals surface area contributed by atoms with Gasteiger partial charge in [0.2, 0.25) is 0 Å². The maximum atomic E-state index is 6.17. The van der Waals surface area contributed by atoms with Crippen molar-refractivity contribution >= 4 is 50.6 Å². The number of nitrogens with one attached hydrogen (secondary N) is 1. The summed E-state index contributed by atoms with van der Waals surface area (Å²) in [6.45, 7) is 5.22. The van der Waals surface area contributed by atoms with Gasteiger partial charge >= 0.3 is 0 Å². The Kier molecular flexibility index (Phi) is 5.18. The average Bonchev–Trinajstić information content (AvgIpc) is 3.10. The molecule has 1 aliphatic heterocycles. The molecule has 28 heavy (non-hydrogen) atoms. The molecule has 1 fully saturated rings. The van der Waals surface area contributed by atoms with Crippen LogP contribution >= 0.6 is 34.5 Å². The van der Waals surface area contributed by atoms with E-state index in [0.29, 0.717) is 10.0 Å². The molecular formula is C21H23Cl2N4S+. The van der Waals surface area contributed by atoms with Crippen LogP contribution in [-0.4, -0.2) is 36.1 Å². The van der Waals surface area contributed by atoms with Crippen molar-refractivity contribution in [3.05, 3.63) is 50.6 Å². The zero-order valence-electron chi connectivity index (χ0n) is 15.7. The second-order valence-corrected chi connectivity index (χ2v) is 9.65. The summed E-state index contributed by atoms with van der Waals surface area (Å²) in [4.78, 5) is 16.0. The quantitative estimate of drug-likeness (QED) is 0.681. The molecule has 1 N–H and O–H groups in total. The highest BCUT2D eigenvalue weighted by molar-refractivity contribution is 7.19. The highest BCUT2D eigenvalue weighted by Gasteiger charge is 2.26. The van der Waals surface area contributed by atoms with E-state index in [1.807, 2.05) is 23.5 Å². The fraction of sp³-hybridized carbons (Fsp3) is 0.429. The summed E-state index contributed by atoms with van der Waals surface area (Å²) in [6.07, 6.45) is 6.72. The number of rotatable bonds is 3. The van der Waals surface area contributed by atoms with Crippen LogP contribution in [0.5, 0.6) is 0 Å². The number of aryl methyl sites for hydroxylation is 2. The van der Waals surface area contributed by atoms with Gasteiger partial charge in [-0.2, -0.15) is 0 Å². The summed E-state index contributed by atoms with van der Waals surface area (Å²) in [5.41, 5.74) is 2.77. The van der Waals surface area contributed by atoms with Crippen LogP contribution in [0.4, 0.5) is 5.82 Å².